The molecular formula is C31H23F2N7O4. The summed E-state index contributed by atoms with van der Waals surface area (Å²) in [6.07, 6.45) is 8.34. The van der Waals surface area contributed by atoms with Crippen molar-refractivity contribution in [3.63, 3.8) is 0 Å². The van der Waals surface area contributed by atoms with Gasteiger partial charge in [0.1, 0.15) is 23.3 Å². The fourth-order valence-electron chi connectivity index (χ4n) is 5.06. The molecule has 4 aromatic heterocycles. The Hall–Kier alpha value is -5.98. The fourth-order valence-corrected chi connectivity index (χ4v) is 5.06. The highest BCUT2D eigenvalue weighted by atomic mass is 19.2. The number of halogens is 2. The molecule has 11 nitrogen and oxygen atoms in total. The molecule has 0 atom stereocenters. The van der Waals surface area contributed by atoms with Gasteiger partial charge >= 0.3 is 0 Å². The Labute approximate surface area is 247 Å². The van der Waals surface area contributed by atoms with Crippen LogP contribution in [0.5, 0.6) is 5.75 Å². The highest BCUT2D eigenvalue weighted by Crippen LogP contribution is 2.33. The second-order valence-corrected chi connectivity index (χ2v) is 9.86. The van der Waals surface area contributed by atoms with Gasteiger partial charge in [-0.2, -0.15) is 4.39 Å². The lowest BCUT2D eigenvalue weighted by atomic mass is 10.1. The number of oxazole rings is 1. The van der Waals surface area contributed by atoms with E-state index >= 15 is 0 Å². The zero-order valence-corrected chi connectivity index (χ0v) is 22.9. The standard InChI is InChI=1S/C23H18N6O.C8H5F2NO3/c24-20-17(5-2-10-25-20)21-27-18-8-9-19(23-26-11-12-30-23)28-22(18)29(21)16-7-6-14-3-1-4-15(14)13-16;9-5-4(8(11)14)1-3(2-12)7(13)6(5)10/h2,5-13H,1,3-4H2,(H2,24,25);1-2,13H,(H2,11,14). The Bertz CT molecular complexity index is 2060. The van der Waals surface area contributed by atoms with Crippen molar-refractivity contribution in [3.05, 3.63) is 101 Å². The third kappa shape index (κ3) is 5.00. The van der Waals surface area contributed by atoms with Crippen molar-refractivity contribution in [2.24, 2.45) is 5.73 Å². The summed E-state index contributed by atoms with van der Waals surface area (Å²) in [6.45, 7) is 0. The molecule has 6 aromatic rings. The number of benzene rings is 2. The topological polar surface area (TPSA) is 176 Å². The summed E-state index contributed by atoms with van der Waals surface area (Å²) < 4.78 is 33.2. The van der Waals surface area contributed by atoms with Crippen LogP contribution in [-0.2, 0) is 12.8 Å². The van der Waals surface area contributed by atoms with Gasteiger partial charge in [0.2, 0.25) is 11.7 Å². The number of aromatic nitrogens is 5. The number of hydrogen-bond donors (Lipinski definition) is 3. The number of aromatic hydroxyl groups is 1. The summed E-state index contributed by atoms with van der Waals surface area (Å²) >= 11 is 0. The molecule has 0 fully saturated rings. The molecule has 0 unspecified atom stereocenters. The number of carbonyl (C=O) groups is 2. The number of phenolic OH excluding ortho intramolecular Hbond substituents is 1. The molecule has 1 aliphatic rings. The first kappa shape index (κ1) is 28.2. The Morgan fingerprint density at radius 1 is 1.00 bits per heavy atom. The van der Waals surface area contributed by atoms with Crippen LogP contribution in [0.4, 0.5) is 14.6 Å². The molecule has 13 heteroatoms. The van der Waals surface area contributed by atoms with Crippen molar-refractivity contribution in [1.82, 2.24) is 24.5 Å². The zero-order chi connectivity index (χ0) is 31.0. The van der Waals surface area contributed by atoms with Crippen molar-refractivity contribution in [3.8, 4) is 34.4 Å². The molecule has 0 bridgehead atoms. The van der Waals surface area contributed by atoms with Crippen LogP contribution in [0.1, 0.15) is 38.3 Å². The van der Waals surface area contributed by atoms with Crippen molar-refractivity contribution >= 4 is 29.2 Å². The number of aldehydes is 1. The summed E-state index contributed by atoms with van der Waals surface area (Å²) in [5, 5.41) is 8.89. The first-order chi connectivity index (χ1) is 21.3. The normalized spacial score (nSPS) is 12.0. The van der Waals surface area contributed by atoms with Crippen LogP contribution < -0.4 is 11.5 Å². The third-order valence-corrected chi connectivity index (χ3v) is 7.18. The van der Waals surface area contributed by atoms with E-state index in [9.17, 15) is 18.4 Å². The van der Waals surface area contributed by atoms with Gasteiger partial charge in [0.15, 0.2) is 29.3 Å². The number of nitrogens with two attached hydrogens (primary N) is 2. The average Bonchev–Trinajstić information content (AvgIpc) is 3.80. The Kier molecular flexibility index (Phi) is 7.27. The maximum atomic E-state index is 12.9. The number of nitrogen functional groups attached to an aromatic ring is 1. The number of phenols is 1. The molecule has 1 amide bonds. The molecule has 220 valence electrons. The fraction of sp³-hybridized carbons (Fsp3) is 0.0968. The number of pyridine rings is 2. The first-order valence-electron chi connectivity index (χ1n) is 13.3. The Morgan fingerprint density at radius 2 is 1.82 bits per heavy atom. The number of nitrogens with zero attached hydrogens (tertiary/aromatic N) is 5. The van der Waals surface area contributed by atoms with Gasteiger partial charge in [-0.05, 0) is 72.9 Å². The van der Waals surface area contributed by atoms with E-state index in [0.717, 1.165) is 35.3 Å². The summed E-state index contributed by atoms with van der Waals surface area (Å²) in [4.78, 5) is 39.0. The molecule has 1 aliphatic carbocycles. The average molecular weight is 596 g/mol. The number of fused-ring (bicyclic) bond motifs is 2. The van der Waals surface area contributed by atoms with E-state index in [1.165, 1.54) is 17.5 Å². The smallest absolute Gasteiger partial charge is 0.251 e. The molecule has 0 saturated heterocycles. The molecule has 2 aromatic carbocycles. The lowest BCUT2D eigenvalue weighted by Gasteiger charge is -2.12. The highest BCUT2D eigenvalue weighted by Gasteiger charge is 2.22. The SMILES string of the molecule is NC(=O)c1cc(C=O)c(O)c(F)c1F.Nc1ncccc1-c1nc2ccc(-c3ncco3)nc2n1-c1ccc2c(c1)CCC2. The Balaban J connectivity index is 0.000000208. The minimum atomic E-state index is -1.66. The van der Waals surface area contributed by atoms with Gasteiger partial charge in [-0.3, -0.25) is 14.2 Å². The summed E-state index contributed by atoms with van der Waals surface area (Å²) in [5.74, 6) is -3.97. The minimum absolute atomic E-state index is 0.0876. The van der Waals surface area contributed by atoms with Gasteiger partial charge in [-0.25, -0.2) is 24.3 Å². The predicted molar refractivity (Wildman–Crippen MR) is 156 cm³/mol. The van der Waals surface area contributed by atoms with Crippen molar-refractivity contribution in [1.29, 1.82) is 0 Å². The van der Waals surface area contributed by atoms with Crippen LogP contribution in [0.3, 0.4) is 0 Å². The lowest BCUT2D eigenvalue weighted by Crippen LogP contribution is -2.15. The molecule has 0 saturated carbocycles. The number of amides is 1. The number of imidazole rings is 1. The molecule has 5 N–H and O–H groups in total. The molecule has 4 heterocycles. The molecule has 0 radical (unpaired) electrons. The second-order valence-electron chi connectivity index (χ2n) is 9.86. The van der Waals surface area contributed by atoms with Crippen LogP contribution in [0.25, 0.3) is 39.8 Å². The third-order valence-electron chi connectivity index (χ3n) is 7.18. The van der Waals surface area contributed by atoms with E-state index < -0.39 is 34.4 Å². The van der Waals surface area contributed by atoms with Gasteiger partial charge in [0.25, 0.3) is 5.91 Å². The summed E-state index contributed by atoms with van der Waals surface area (Å²) in [6, 6.07) is 14.8. The molecular weight excluding hydrogens is 572 g/mol. The number of primary amides is 1. The zero-order valence-electron chi connectivity index (χ0n) is 22.9. The number of carbonyl (C=O) groups excluding carboxylic acids is 2. The van der Waals surface area contributed by atoms with Crippen LogP contribution in [0.15, 0.2) is 71.6 Å². The van der Waals surface area contributed by atoms with Crippen LogP contribution >= 0.6 is 0 Å². The number of rotatable bonds is 5. The van der Waals surface area contributed by atoms with Gasteiger partial charge in [0.05, 0.1) is 22.9 Å². The number of anilines is 1. The lowest BCUT2D eigenvalue weighted by molar-refractivity contribution is 0.0995. The molecule has 44 heavy (non-hydrogen) atoms. The number of aryl methyl sites for hydroxylation is 2. The largest absolute Gasteiger partial charge is 0.504 e. The minimum Gasteiger partial charge on any atom is -0.504 e. The van der Waals surface area contributed by atoms with E-state index in [1.54, 1.807) is 18.7 Å². The maximum absolute atomic E-state index is 12.9. The molecule has 0 spiro atoms. The van der Waals surface area contributed by atoms with Crippen molar-refractivity contribution in [2.45, 2.75) is 19.3 Å². The van der Waals surface area contributed by atoms with Gasteiger partial charge in [-0.15, -0.1) is 0 Å². The molecule has 7 rings (SSSR count). The Morgan fingerprint density at radius 3 is 2.55 bits per heavy atom. The van der Waals surface area contributed by atoms with Crippen molar-refractivity contribution < 1.29 is 27.9 Å². The molecule has 0 aliphatic heterocycles. The predicted octanol–water partition coefficient (Wildman–Crippen LogP) is 4.79. The second kappa shape index (κ2) is 11.4. The highest BCUT2D eigenvalue weighted by molar-refractivity contribution is 5.95. The van der Waals surface area contributed by atoms with Gasteiger partial charge < -0.3 is 21.0 Å². The van der Waals surface area contributed by atoms with Crippen LogP contribution in [-0.4, -0.2) is 41.8 Å². The van der Waals surface area contributed by atoms with E-state index in [-0.39, 0.29) is 6.29 Å². The number of hydrogen-bond acceptors (Lipinski definition) is 9. The van der Waals surface area contributed by atoms with E-state index in [0.29, 0.717) is 29.3 Å². The van der Waals surface area contributed by atoms with E-state index in [4.69, 9.17) is 31.0 Å². The van der Waals surface area contributed by atoms with E-state index in [1.807, 2.05) is 28.8 Å². The summed E-state index contributed by atoms with van der Waals surface area (Å²) in [5.41, 5.74) is 16.3. The maximum Gasteiger partial charge on any atom is 0.251 e. The van der Waals surface area contributed by atoms with E-state index in [2.05, 4.69) is 28.2 Å². The summed E-state index contributed by atoms with van der Waals surface area (Å²) in [7, 11) is 0. The quantitative estimate of drug-likeness (QED) is 0.237. The first-order valence-corrected chi connectivity index (χ1v) is 13.3. The van der Waals surface area contributed by atoms with Crippen LogP contribution in [0.2, 0.25) is 0 Å². The van der Waals surface area contributed by atoms with Crippen LogP contribution in [0, 0.1) is 11.6 Å². The monoisotopic (exact) mass is 595 g/mol. The van der Waals surface area contributed by atoms with Gasteiger partial charge in [-0.1, -0.05) is 6.07 Å². The van der Waals surface area contributed by atoms with Gasteiger partial charge in [0, 0.05) is 11.9 Å². The van der Waals surface area contributed by atoms with Crippen molar-refractivity contribution in [2.75, 3.05) is 5.73 Å².